The van der Waals surface area contributed by atoms with Crippen molar-refractivity contribution in [3.63, 3.8) is 0 Å². The Morgan fingerprint density at radius 2 is 1.74 bits per heavy atom. The van der Waals surface area contributed by atoms with E-state index < -0.39 is 6.10 Å². The summed E-state index contributed by atoms with van der Waals surface area (Å²) in [5.74, 6) is 1.07. The molecule has 4 rings (SSSR count). The van der Waals surface area contributed by atoms with Gasteiger partial charge in [-0.25, -0.2) is 0 Å². The SMILES string of the molecule is CC(O)C(C)NCc1cc(Cl)c(OCc2cccc(-c3ccccc3)c2Br)cc1OCc1cncc(C#N)c1. The highest BCUT2D eigenvalue weighted by Gasteiger charge is 2.16. The fourth-order valence-corrected chi connectivity index (χ4v) is 4.73. The van der Waals surface area contributed by atoms with E-state index in [-0.39, 0.29) is 12.6 Å². The monoisotopic (exact) mass is 605 g/mol. The van der Waals surface area contributed by atoms with Gasteiger partial charge in [-0.1, -0.05) is 60.1 Å². The lowest BCUT2D eigenvalue weighted by Crippen LogP contribution is -2.35. The molecule has 0 saturated heterocycles. The molecule has 1 aromatic heterocycles. The molecule has 0 amide bonds. The first-order chi connectivity index (χ1) is 18.9. The third-order valence-electron chi connectivity index (χ3n) is 6.32. The van der Waals surface area contributed by atoms with Crippen LogP contribution < -0.4 is 14.8 Å². The molecule has 6 nitrogen and oxygen atoms in total. The molecule has 0 saturated carbocycles. The Hall–Kier alpha value is -3.41. The molecule has 2 unspecified atom stereocenters. The van der Waals surface area contributed by atoms with Crippen LogP contribution in [0, 0.1) is 11.3 Å². The van der Waals surface area contributed by atoms with E-state index in [1.165, 1.54) is 6.20 Å². The van der Waals surface area contributed by atoms with Gasteiger partial charge in [0.2, 0.25) is 0 Å². The average Bonchev–Trinajstić information content (AvgIpc) is 2.95. The minimum absolute atomic E-state index is 0.127. The zero-order chi connectivity index (χ0) is 27.8. The van der Waals surface area contributed by atoms with Gasteiger partial charge in [-0.2, -0.15) is 5.26 Å². The van der Waals surface area contributed by atoms with Gasteiger partial charge in [0.15, 0.2) is 0 Å². The maximum atomic E-state index is 9.88. The van der Waals surface area contributed by atoms with E-state index in [2.05, 4.69) is 50.5 Å². The lowest BCUT2D eigenvalue weighted by atomic mass is 10.0. The fraction of sp³-hybridized carbons (Fsp3) is 0.226. The summed E-state index contributed by atoms with van der Waals surface area (Å²) in [6.45, 7) is 4.59. The van der Waals surface area contributed by atoms with E-state index in [1.807, 2.05) is 43.3 Å². The number of rotatable bonds is 11. The largest absolute Gasteiger partial charge is 0.488 e. The van der Waals surface area contributed by atoms with Gasteiger partial charge in [0.25, 0.3) is 0 Å². The molecule has 8 heteroatoms. The minimum Gasteiger partial charge on any atom is -0.488 e. The Labute approximate surface area is 242 Å². The molecule has 0 radical (unpaired) electrons. The van der Waals surface area contributed by atoms with Crippen LogP contribution in [0.1, 0.15) is 36.1 Å². The first-order valence-corrected chi connectivity index (χ1v) is 13.7. The molecule has 0 aliphatic rings. The van der Waals surface area contributed by atoms with E-state index in [0.717, 1.165) is 32.3 Å². The standard InChI is InChI=1S/C31H29BrClN3O3/c1-20(21(2)37)36-17-26-12-28(33)30(13-29(26)38-18-23-11-22(14-34)15-35-16-23)39-19-25-9-6-10-27(31(25)32)24-7-4-3-5-8-24/h3-13,15-16,20-21,36-37H,17-19H2,1-2H3. The molecular weight excluding hydrogens is 578 g/mol. The van der Waals surface area contributed by atoms with Crippen LogP contribution in [0.2, 0.25) is 5.02 Å². The molecule has 0 aliphatic heterocycles. The Balaban J connectivity index is 1.57. The Kier molecular flexibility index (Phi) is 9.96. The maximum Gasteiger partial charge on any atom is 0.142 e. The molecule has 3 aromatic carbocycles. The zero-order valence-corrected chi connectivity index (χ0v) is 24.0. The molecule has 0 fully saturated rings. The molecule has 200 valence electrons. The summed E-state index contributed by atoms with van der Waals surface area (Å²) in [7, 11) is 0. The van der Waals surface area contributed by atoms with Crippen molar-refractivity contribution in [1.82, 2.24) is 10.3 Å². The number of benzene rings is 3. The Bertz CT molecular complexity index is 1460. The van der Waals surface area contributed by atoms with E-state index >= 15 is 0 Å². The number of aliphatic hydroxyl groups excluding tert-OH is 1. The van der Waals surface area contributed by atoms with Crippen molar-refractivity contribution in [1.29, 1.82) is 5.26 Å². The molecule has 39 heavy (non-hydrogen) atoms. The van der Waals surface area contributed by atoms with Crippen molar-refractivity contribution in [2.45, 2.75) is 45.8 Å². The number of hydrogen-bond donors (Lipinski definition) is 2. The van der Waals surface area contributed by atoms with Gasteiger partial charge in [0, 0.05) is 52.2 Å². The Morgan fingerprint density at radius 1 is 0.974 bits per heavy atom. The van der Waals surface area contributed by atoms with Crippen LogP contribution in [0.25, 0.3) is 11.1 Å². The van der Waals surface area contributed by atoms with Crippen molar-refractivity contribution in [2.75, 3.05) is 0 Å². The molecule has 1 heterocycles. The molecule has 2 atom stereocenters. The summed E-state index contributed by atoms with van der Waals surface area (Å²) in [5.41, 5.74) is 5.21. The summed E-state index contributed by atoms with van der Waals surface area (Å²) < 4.78 is 13.3. The zero-order valence-electron chi connectivity index (χ0n) is 21.7. The van der Waals surface area contributed by atoms with Crippen molar-refractivity contribution < 1.29 is 14.6 Å². The summed E-state index contributed by atoms with van der Waals surface area (Å²) in [6.07, 6.45) is 2.66. The normalized spacial score (nSPS) is 12.4. The second kappa shape index (κ2) is 13.6. The van der Waals surface area contributed by atoms with E-state index in [4.69, 9.17) is 21.1 Å². The maximum absolute atomic E-state index is 9.88. The summed E-state index contributed by atoms with van der Waals surface area (Å²) in [6, 6.07) is 23.5. The second-order valence-corrected chi connectivity index (χ2v) is 10.4. The predicted octanol–water partition coefficient (Wildman–Crippen LogP) is 7.05. The van der Waals surface area contributed by atoms with Gasteiger partial charge in [0.05, 0.1) is 16.7 Å². The van der Waals surface area contributed by atoms with Crippen LogP contribution in [0.5, 0.6) is 11.5 Å². The van der Waals surface area contributed by atoms with Gasteiger partial charge in [-0.15, -0.1) is 0 Å². The topological polar surface area (TPSA) is 87.4 Å². The first kappa shape index (κ1) is 28.6. The number of pyridine rings is 1. The molecule has 0 bridgehead atoms. The number of ether oxygens (including phenoxy) is 2. The average molecular weight is 607 g/mol. The van der Waals surface area contributed by atoms with Crippen LogP contribution in [0.4, 0.5) is 0 Å². The number of nitrogens with zero attached hydrogens (tertiary/aromatic N) is 2. The van der Waals surface area contributed by atoms with E-state index in [1.54, 1.807) is 25.3 Å². The molecule has 2 N–H and O–H groups in total. The summed E-state index contributed by atoms with van der Waals surface area (Å²) >= 11 is 10.4. The number of nitrogens with one attached hydrogen (secondary N) is 1. The highest BCUT2D eigenvalue weighted by atomic mass is 79.9. The molecule has 0 spiro atoms. The number of nitriles is 1. The van der Waals surface area contributed by atoms with Crippen LogP contribution in [-0.2, 0) is 19.8 Å². The van der Waals surface area contributed by atoms with Crippen LogP contribution >= 0.6 is 27.5 Å². The fourth-order valence-electron chi connectivity index (χ4n) is 3.88. The lowest BCUT2D eigenvalue weighted by molar-refractivity contribution is 0.152. The Morgan fingerprint density at radius 3 is 2.49 bits per heavy atom. The van der Waals surface area contributed by atoms with Crippen molar-refractivity contribution in [3.05, 3.63) is 111 Å². The van der Waals surface area contributed by atoms with E-state index in [0.29, 0.717) is 35.2 Å². The van der Waals surface area contributed by atoms with Gasteiger partial charge in [-0.05, 0) is 53.0 Å². The number of aliphatic hydroxyl groups is 1. The van der Waals surface area contributed by atoms with Gasteiger partial charge in [0.1, 0.15) is 30.8 Å². The van der Waals surface area contributed by atoms with Crippen LogP contribution in [0.15, 0.2) is 83.6 Å². The van der Waals surface area contributed by atoms with E-state index in [9.17, 15) is 10.4 Å². The third kappa shape index (κ3) is 7.59. The van der Waals surface area contributed by atoms with Crippen molar-refractivity contribution in [2.24, 2.45) is 0 Å². The predicted molar refractivity (Wildman–Crippen MR) is 157 cm³/mol. The quantitative estimate of drug-likeness (QED) is 0.190. The lowest BCUT2D eigenvalue weighted by Gasteiger charge is -2.20. The molecular formula is C31H29BrClN3O3. The van der Waals surface area contributed by atoms with Gasteiger partial charge < -0.3 is 19.9 Å². The van der Waals surface area contributed by atoms with Crippen molar-refractivity contribution >= 4 is 27.5 Å². The minimum atomic E-state index is -0.516. The summed E-state index contributed by atoms with van der Waals surface area (Å²) in [4.78, 5) is 4.11. The van der Waals surface area contributed by atoms with Crippen molar-refractivity contribution in [3.8, 4) is 28.7 Å². The van der Waals surface area contributed by atoms with Gasteiger partial charge >= 0.3 is 0 Å². The number of hydrogen-bond acceptors (Lipinski definition) is 6. The number of halogens is 2. The summed E-state index contributed by atoms with van der Waals surface area (Å²) in [5, 5.41) is 22.8. The third-order valence-corrected chi connectivity index (χ3v) is 7.55. The molecule has 4 aromatic rings. The van der Waals surface area contributed by atoms with Crippen LogP contribution in [-0.4, -0.2) is 22.2 Å². The second-order valence-electron chi connectivity index (χ2n) is 9.22. The smallest absolute Gasteiger partial charge is 0.142 e. The van der Waals surface area contributed by atoms with Gasteiger partial charge in [-0.3, -0.25) is 4.98 Å². The van der Waals surface area contributed by atoms with Crippen LogP contribution in [0.3, 0.4) is 0 Å². The first-order valence-electron chi connectivity index (χ1n) is 12.5. The highest BCUT2D eigenvalue weighted by molar-refractivity contribution is 9.10. The number of aromatic nitrogens is 1. The molecule has 0 aliphatic carbocycles. The highest BCUT2D eigenvalue weighted by Crippen LogP contribution is 2.36.